The van der Waals surface area contributed by atoms with Crippen LogP contribution in [0.25, 0.3) is 0 Å². The third-order valence-corrected chi connectivity index (χ3v) is 6.39. The summed E-state index contributed by atoms with van der Waals surface area (Å²) in [6.45, 7) is 3.27. The minimum Gasteiger partial charge on any atom is -0.360 e. The molecule has 1 N–H and O–H groups in total. The number of amides is 1. The number of carbonyl (C=O) groups is 1. The number of rotatable bonds is 3. The number of hydrogen-bond donors (Lipinski definition) is 1. The second-order valence-electron chi connectivity index (χ2n) is 5.81. The molecule has 2 heterocycles. The number of fused-ring (bicyclic) bond motifs is 1. The summed E-state index contributed by atoms with van der Waals surface area (Å²) in [5.41, 5.74) is 2.17. The van der Waals surface area contributed by atoms with Crippen LogP contribution in [0, 0.1) is 13.8 Å². The number of nitrogens with zero attached hydrogens (tertiary/aromatic N) is 2. The average Bonchev–Trinajstić information content (AvgIpc) is 2.92. The van der Waals surface area contributed by atoms with Crippen molar-refractivity contribution in [2.75, 3.05) is 7.05 Å². The van der Waals surface area contributed by atoms with Gasteiger partial charge in [0.1, 0.15) is 16.6 Å². The highest BCUT2D eigenvalue weighted by molar-refractivity contribution is 7.89. The first kappa shape index (κ1) is 16.7. The van der Waals surface area contributed by atoms with Gasteiger partial charge in [-0.25, -0.2) is 8.42 Å². The fourth-order valence-electron chi connectivity index (χ4n) is 3.10. The van der Waals surface area contributed by atoms with E-state index in [-0.39, 0.29) is 23.1 Å². The van der Waals surface area contributed by atoms with Gasteiger partial charge < -0.3 is 9.84 Å². The van der Waals surface area contributed by atoms with E-state index in [4.69, 9.17) is 4.52 Å². The van der Waals surface area contributed by atoms with E-state index < -0.39 is 16.1 Å². The Morgan fingerprint density at radius 3 is 2.54 bits per heavy atom. The lowest BCUT2D eigenvalue weighted by atomic mass is 9.95. The summed E-state index contributed by atoms with van der Waals surface area (Å²) in [7, 11) is -2.41. The first-order valence-electron chi connectivity index (χ1n) is 7.59. The van der Waals surface area contributed by atoms with E-state index in [0.717, 1.165) is 11.1 Å². The van der Waals surface area contributed by atoms with Crippen molar-refractivity contribution in [2.45, 2.75) is 37.8 Å². The number of hydrogen-bond acceptors (Lipinski definition) is 5. The van der Waals surface area contributed by atoms with Crippen LogP contribution in [0.15, 0.2) is 33.7 Å². The molecule has 0 unspecified atom stereocenters. The Morgan fingerprint density at radius 1 is 1.29 bits per heavy atom. The maximum absolute atomic E-state index is 13.2. The van der Waals surface area contributed by atoms with Crippen molar-refractivity contribution in [1.29, 1.82) is 0 Å². The van der Waals surface area contributed by atoms with Crippen molar-refractivity contribution >= 4 is 15.9 Å². The quantitative estimate of drug-likeness (QED) is 0.897. The van der Waals surface area contributed by atoms with Gasteiger partial charge in [-0.1, -0.05) is 29.4 Å². The molecule has 0 spiro atoms. The van der Waals surface area contributed by atoms with Crippen LogP contribution in [0.4, 0.5) is 0 Å². The maximum Gasteiger partial charge on any atom is 0.249 e. The molecule has 128 valence electrons. The Balaban J connectivity index is 2.11. The molecule has 1 aromatic heterocycles. The third-order valence-electron chi connectivity index (χ3n) is 4.29. The SMILES string of the molecule is CNC(=O)[C@@H]1Cc2ccccc2CN1S(=O)(=O)c1c(C)noc1C. The molecule has 1 aliphatic heterocycles. The van der Waals surface area contributed by atoms with Crippen LogP contribution in [-0.4, -0.2) is 36.9 Å². The van der Waals surface area contributed by atoms with E-state index in [0.29, 0.717) is 12.1 Å². The number of sulfonamides is 1. The third kappa shape index (κ3) is 2.61. The lowest BCUT2D eigenvalue weighted by molar-refractivity contribution is -0.124. The highest BCUT2D eigenvalue weighted by atomic mass is 32.2. The summed E-state index contributed by atoms with van der Waals surface area (Å²) in [4.78, 5) is 12.4. The second-order valence-corrected chi connectivity index (χ2v) is 7.63. The molecule has 0 saturated heterocycles. The number of nitrogens with one attached hydrogen (secondary N) is 1. The first-order valence-corrected chi connectivity index (χ1v) is 9.03. The smallest absolute Gasteiger partial charge is 0.249 e. The molecule has 1 atom stereocenters. The van der Waals surface area contributed by atoms with Gasteiger partial charge in [-0.3, -0.25) is 4.79 Å². The van der Waals surface area contributed by atoms with E-state index in [1.165, 1.54) is 11.4 Å². The molecule has 1 aromatic carbocycles. The summed E-state index contributed by atoms with van der Waals surface area (Å²) in [5, 5.41) is 6.29. The minimum absolute atomic E-state index is 0.0378. The van der Waals surface area contributed by atoms with Crippen molar-refractivity contribution in [3.63, 3.8) is 0 Å². The van der Waals surface area contributed by atoms with Crippen LogP contribution in [0.3, 0.4) is 0 Å². The van der Waals surface area contributed by atoms with E-state index in [9.17, 15) is 13.2 Å². The molecular weight excluding hydrogens is 330 g/mol. The van der Waals surface area contributed by atoms with Gasteiger partial charge in [-0.05, 0) is 31.4 Å². The van der Waals surface area contributed by atoms with Crippen molar-refractivity contribution in [2.24, 2.45) is 0 Å². The molecule has 7 nitrogen and oxygen atoms in total. The van der Waals surface area contributed by atoms with Gasteiger partial charge >= 0.3 is 0 Å². The summed E-state index contributed by atoms with van der Waals surface area (Å²) in [6.07, 6.45) is 0.332. The Morgan fingerprint density at radius 2 is 1.96 bits per heavy atom. The predicted octanol–water partition coefficient (Wildman–Crippen LogP) is 1.15. The van der Waals surface area contributed by atoms with Crippen LogP contribution in [0.2, 0.25) is 0 Å². The molecule has 1 aliphatic rings. The average molecular weight is 349 g/mol. The zero-order valence-electron chi connectivity index (χ0n) is 13.7. The summed E-state index contributed by atoms with van der Waals surface area (Å²) in [5.74, 6) is -0.109. The van der Waals surface area contributed by atoms with E-state index in [2.05, 4.69) is 10.5 Å². The number of likely N-dealkylation sites (N-methyl/N-ethyl adjacent to an activating group) is 1. The molecule has 1 amide bonds. The molecular formula is C16H19N3O4S. The van der Waals surface area contributed by atoms with E-state index in [1.54, 1.807) is 13.8 Å². The molecule has 0 radical (unpaired) electrons. The van der Waals surface area contributed by atoms with Gasteiger partial charge in [0.25, 0.3) is 0 Å². The van der Waals surface area contributed by atoms with E-state index in [1.807, 2.05) is 24.3 Å². The van der Waals surface area contributed by atoms with Crippen molar-refractivity contribution in [3.05, 3.63) is 46.8 Å². The summed E-state index contributed by atoms with van der Waals surface area (Å²) in [6, 6.07) is 6.75. The zero-order chi connectivity index (χ0) is 17.5. The van der Waals surface area contributed by atoms with Gasteiger partial charge in [-0.2, -0.15) is 4.31 Å². The van der Waals surface area contributed by atoms with Crippen LogP contribution in [0.5, 0.6) is 0 Å². The standard InChI is InChI=1S/C16H19N3O4S/c1-10-15(11(2)23-18-10)24(21,22)19-9-13-7-5-4-6-12(13)8-14(19)16(20)17-3/h4-7,14H,8-9H2,1-3H3,(H,17,20)/t14-/m0/s1. The number of carbonyl (C=O) groups excluding carboxylic acids is 1. The zero-order valence-corrected chi connectivity index (χ0v) is 14.6. The second kappa shape index (κ2) is 6.03. The lowest BCUT2D eigenvalue weighted by Gasteiger charge is -2.34. The van der Waals surface area contributed by atoms with Gasteiger partial charge in [0.2, 0.25) is 15.9 Å². The van der Waals surface area contributed by atoms with Crippen molar-refractivity contribution in [3.8, 4) is 0 Å². The first-order chi connectivity index (χ1) is 11.4. The van der Waals surface area contributed by atoms with Crippen molar-refractivity contribution < 1.29 is 17.7 Å². The van der Waals surface area contributed by atoms with Crippen LogP contribution in [0.1, 0.15) is 22.6 Å². The molecule has 0 aliphatic carbocycles. The monoisotopic (exact) mass is 349 g/mol. The van der Waals surface area contributed by atoms with Crippen LogP contribution in [-0.2, 0) is 27.8 Å². The van der Waals surface area contributed by atoms with Gasteiger partial charge in [-0.15, -0.1) is 0 Å². The van der Waals surface area contributed by atoms with Crippen LogP contribution >= 0.6 is 0 Å². The molecule has 0 bridgehead atoms. The molecule has 8 heteroatoms. The topological polar surface area (TPSA) is 92.5 Å². The van der Waals surface area contributed by atoms with E-state index >= 15 is 0 Å². The summed E-state index contributed by atoms with van der Waals surface area (Å²) >= 11 is 0. The highest BCUT2D eigenvalue weighted by Gasteiger charge is 2.41. The highest BCUT2D eigenvalue weighted by Crippen LogP contribution is 2.31. The Bertz CT molecular complexity index is 869. The van der Waals surface area contributed by atoms with Gasteiger partial charge in [0.15, 0.2) is 5.76 Å². The Labute approximate surface area is 140 Å². The Hall–Kier alpha value is -2.19. The number of aromatic nitrogens is 1. The van der Waals surface area contributed by atoms with Crippen molar-refractivity contribution in [1.82, 2.24) is 14.8 Å². The predicted molar refractivity (Wildman–Crippen MR) is 86.7 cm³/mol. The fraction of sp³-hybridized carbons (Fsp3) is 0.375. The largest absolute Gasteiger partial charge is 0.360 e. The van der Waals surface area contributed by atoms with Crippen LogP contribution < -0.4 is 5.32 Å². The van der Waals surface area contributed by atoms with Gasteiger partial charge in [0, 0.05) is 13.6 Å². The molecule has 2 aromatic rings. The number of benzene rings is 1. The van der Waals surface area contributed by atoms with Gasteiger partial charge in [0.05, 0.1) is 0 Å². The number of aryl methyl sites for hydroxylation is 2. The fourth-order valence-corrected chi connectivity index (χ4v) is 4.96. The Kier molecular flexibility index (Phi) is 4.18. The maximum atomic E-state index is 13.2. The molecule has 0 fully saturated rings. The summed E-state index contributed by atoms with van der Waals surface area (Å²) < 4.78 is 32.6. The molecule has 0 saturated carbocycles. The minimum atomic E-state index is -3.91. The normalized spacial score (nSPS) is 18.2. The lowest BCUT2D eigenvalue weighted by Crippen LogP contribution is -2.51. The molecule has 24 heavy (non-hydrogen) atoms. The molecule has 3 rings (SSSR count).